The number of amides is 1. The number of rotatable bonds is 73. The van der Waals surface area contributed by atoms with Crippen LogP contribution in [0.15, 0.2) is 36.5 Å². The summed E-state index contributed by atoms with van der Waals surface area (Å²) in [7, 11) is 0. The Labute approximate surface area is 565 Å². The van der Waals surface area contributed by atoms with Gasteiger partial charge >= 0.3 is 0 Å². The summed E-state index contributed by atoms with van der Waals surface area (Å²) in [5.41, 5.74) is 0. The maximum absolute atomic E-state index is 13.2. The highest BCUT2D eigenvalue weighted by Gasteiger charge is 2.44. The molecular formula is C82H157NO8. The Hall–Kier alpha value is -1.59. The Balaban J connectivity index is 2.06. The fourth-order valence-electron chi connectivity index (χ4n) is 13.4. The second-order valence-corrected chi connectivity index (χ2v) is 28.6. The van der Waals surface area contributed by atoms with Crippen LogP contribution in [0, 0.1) is 0 Å². The predicted molar refractivity (Wildman–Crippen MR) is 392 cm³/mol. The van der Waals surface area contributed by atoms with Gasteiger partial charge in [0.15, 0.2) is 6.29 Å². The lowest BCUT2D eigenvalue weighted by Crippen LogP contribution is -2.60. The highest BCUT2D eigenvalue weighted by molar-refractivity contribution is 5.76. The normalized spacial score (nSPS) is 17.8. The largest absolute Gasteiger partial charge is 0.394 e. The van der Waals surface area contributed by atoms with Gasteiger partial charge < -0.3 is 40.3 Å². The molecule has 1 aliphatic rings. The predicted octanol–water partition coefficient (Wildman–Crippen LogP) is 23.3. The van der Waals surface area contributed by atoms with Gasteiger partial charge in [0.25, 0.3) is 0 Å². The van der Waals surface area contributed by atoms with Crippen molar-refractivity contribution in [1.82, 2.24) is 5.32 Å². The van der Waals surface area contributed by atoms with Gasteiger partial charge in [0.1, 0.15) is 24.4 Å². The number of allylic oxidation sites excluding steroid dienone is 5. The highest BCUT2D eigenvalue weighted by atomic mass is 16.7. The molecule has 0 saturated carbocycles. The first-order chi connectivity index (χ1) is 44.8. The number of aliphatic hydroxyl groups is 5. The van der Waals surface area contributed by atoms with Crippen molar-refractivity contribution in [3.63, 3.8) is 0 Å². The minimum absolute atomic E-state index is 0.182. The minimum atomic E-state index is -1.58. The summed E-state index contributed by atoms with van der Waals surface area (Å²) >= 11 is 0. The molecule has 1 aliphatic heterocycles. The van der Waals surface area contributed by atoms with E-state index >= 15 is 0 Å². The molecule has 1 fully saturated rings. The molecule has 1 heterocycles. The third kappa shape index (κ3) is 59.4. The number of nitrogens with one attached hydrogen (secondary N) is 1. The van der Waals surface area contributed by atoms with Crippen LogP contribution < -0.4 is 5.32 Å². The lowest BCUT2D eigenvalue weighted by molar-refractivity contribution is -0.302. The lowest BCUT2D eigenvalue weighted by Gasteiger charge is -2.40. The molecule has 0 radical (unpaired) electrons. The zero-order valence-corrected chi connectivity index (χ0v) is 60.6. The summed E-state index contributed by atoms with van der Waals surface area (Å²) in [5.74, 6) is -0.182. The molecule has 0 aliphatic carbocycles. The summed E-state index contributed by atoms with van der Waals surface area (Å²) in [6.07, 6.45) is 90.3. The van der Waals surface area contributed by atoms with Crippen LogP contribution in [0.3, 0.4) is 0 Å². The lowest BCUT2D eigenvalue weighted by atomic mass is 9.99. The smallest absolute Gasteiger partial charge is 0.220 e. The van der Waals surface area contributed by atoms with E-state index in [1.54, 1.807) is 6.08 Å². The fraction of sp³-hybridized carbons (Fsp3) is 0.915. The van der Waals surface area contributed by atoms with Gasteiger partial charge in [-0.1, -0.05) is 410 Å². The van der Waals surface area contributed by atoms with E-state index in [0.717, 1.165) is 44.9 Å². The Morgan fingerprint density at radius 1 is 0.363 bits per heavy atom. The van der Waals surface area contributed by atoms with Gasteiger partial charge in [0.05, 0.1) is 25.4 Å². The number of aliphatic hydroxyl groups excluding tert-OH is 5. The molecule has 0 aromatic carbocycles. The molecule has 9 nitrogen and oxygen atoms in total. The third-order valence-electron chi connectivity index (χ3n) is 19.7. The summed E-state index contributed by atoms with van der Waals surface area (Å²) in [4.78, 5) is 13.2. The van der Waals surface area contributed by atoms with Gasteiger partial charge in [-0.15, -0.1) is 0 Å². The fourth-order valence-corrected chi connectivity index (χ4v) is 13.4. The number of carbonyl (C=O) groups is 1. The molecule has 6 N–H and O–H groups in total. The Bertz CT molecular complexity index is 1540. The van der Waals surface area contributed by atoms with Crippen LogP contribution in [0.1, 0.15) is 425 Å². The van der Waals surface area contributed by atoms with E-state index in [0.29, 0.717) is 6.42 Å². The van der Waals surface area contributed by atoms with Crippen molar-refractivity contribution in [3.8, 4) is 0 Å². The third-order valence-corrected chi connectivity index (χ3v) is 19.7. The first kappa shape index (κ1) is 87.4. The van der Waals surface area contributed by atoms with Crippen LogP contribution in [0.2, 0.25) is 0 Å². The Morgan fingerprint density at radius 3 is 0.923 bits per heavy atom. The van der Waals surface area contributed by atoms with Crippen molar-refractivity contribution in [2.75, 3.05) is 13.2 Å². The van der Waals surface area contributed by atoms with Gasteiger partial charge in [0, 0.05) is 6.42 Å². The Morgan fingerprint density at radius 2 is 0.626 bits per heavy atom. The molecule has 1 saturated heterocycles. The molecule has 0 aromatic rings. The average molecular weight is 1290 g/mol. The number of hydrogen-bond donors (Lipinski definition) is 6. The van der Waals surface area contributed by atoms with E-state index in [2.05, 4.69) is 43.5 Å². The highest BCUT2D eigenvalue weighted by Crippen LogP contribution is 2.24. The number of hydrogen-bond acceptors (Lipinski definition) is 8. The van der Waals surface area contributed by atoms with Crippen LogP contribution in [0.25, 0.3) is 0 Å². The second kappa shape index (κ2) is 71.2. The van der Waals surface area contributed by atoms with Crippen molar-refractivity contribution in [3.05, 3.63) is 36.5 Å². The zero-order chi connectivity index (χ0) is 65.7. The SMILES string of the molecule is CCCCCCCCCCCCCCCCCCCC/C=C/CC/C=C/CC/C=C/C(O)C(COC1OC(CO)C(O)C(O)C1O)NC(=O)CCCCCCCCCCCCCCCCCCCCCCCCCCCCCCCCCCCCCCCCCC. The summed E-state index contributed by atoms with van der Waals surface area (Å²) in [5, 5.41) is 54.9. The molecule has 0 bridgehead atoms. The zero-order valence-electron chi connectivity index (χ0n) is 60.6. The molecule has 91 heavy (non-hydrogen) atoms. The number of carbonyl (C=O) groups excluding carboxylic acids is 1. The van der Waals surface area contributed by atoms with E-state index in [9.17, 15) is 30.3 Å². The van der Waals surface area contributed by atoms with Crippen LogP contribution in [-0.4, -0.2) is 87.5 Å². The molecule has 9 heteroatoms. The van der Waals surface area contributed by atoms with E-state index in [4.69, 9.17) is 9.47 Å². The second-order valence-electron chi connectivity index (χ2n) is 28.6. The van der Waals surface area contributed by atoms with E-state index in [-0.39, 0.29) is 12.5 Å². The summed E-state index contributed by atoms with van der Waals surface area (Å²) in [6, 6.07) is -0.829. The van der Waals surface area contributed by atoms with Crippen LogP contribution >= 0.6 is 0 Å². The van der Waals surface area contributed by atoms with Crippen molar-refractivity contribution >= 4 is 5.91 Å². The maximum atomic E-state index is 13.2. The molecular weight excluding hydrogens is 1130 g/mol. The summed E-state index contributed by atoms with van der Waals surface area (Å²) in [6.45, 7) is 3.83. The average Bonchev–Trinajstić information content (AvgIpc) is 1.18. The Kier molecular flexibility index (Phi) is 68.4. The molecule has 7 atom stereocenters. The van der Waals surface area contributed by atoms with Gasteiger partial charge in [0.2, 0.25) is 5.91 Å². The van der Waals surface area contributed by atoms with Gasteiger partial charge in [-0.25, -0.2) is 0 Å². The maximum Gasteiger partial charge on any atom is 0.220 e. The van der Waals surface area contributed by atoms with Crippen molar-refractivity contribution in [2.24, 2.45) is 0 Å². The van der Waals surface area contributed by atoms with Crippen molar-refractivity contribution in [2.45, 2.75) is 468 Å². The molecule has 7 unspecified atom stereocenters. The minimum Gasteiger partial charge on any atom is -0.394 e. The van der Waals surface area contributed by atoms with Crippen LogP contribution in [0.4, 0.5) is 0 Å². The first-order valence-corrected chi connectivity index (χ1v) is 40.7. The van der Waals surface area contributed by atoms with Crippen LogP contribution in [0.5, 0.6) is 0 Å². The van der Waals surface area contributed by atoms with Gasteiger partial charge in [-0.2, -0.15) is 0 Å². The standard InChI is InChI=1S/C82H157NO8/c1-3-5-7-9-11-13-15-17-19-21-23-25-27-29-31-33-34-35-36-37-38-39-40-41-42-43-44-46-48-50-52-54-56-58-60-62-64-66-68-70-72-78(86)83-75(74-90-82-81(89)80(88)79(87)77(73-84)91-82)76(85)71-69-67-65-63-61-59-57-55-53-51-49-47-45-32-30-28-26-24-22-20-18-16-14-12-10-8-6-4-2/h53,55,61,63,69,71,75-77,79-82,84-85,87-89H,3-52,54,56-60,62,64-68,70,72-74H2,1-2H3,(H,83,86)/b55-53+,63-61+,71-69+. The number of ether oxygens (including phenoxy) is 2. The quantitative estimate of drug-likeness (QED) is 0.0261. The molecule has 0 aromatic heterocycles. The molecule has 1 amide bonds. The molecule has 0 spiro atoms. The van der Waals surface area contributed by atoms with Crippen LogP contribution in [-0.2, 0) is 14.3 Å². The van der Waals surface area contributed by atoms with E-state index < -0.39 is 49.5 Å². The van der Waals surface area contributed by atoms with E-state index in [1.807, 2.05) is 6.08 Å². The van der Waals surface area contributed by atoms with Gasteiger partial charge in [-0.05, 0) is 44.9 Å². The topological polar surface area (TPSA) is 149 Å². The van der Waals surface area contributed by atoms with E-state index in [1.165, 1.54) is 360 Å². The number of unbranched alkanes of at least 4 members (excludes halogenated alkanes) is 59. The summed E-state index contributed by atoms with van der Waals surface area (Å²) < 4.78 is 11.3. The molecule has 1 rings (SSSR count). The van der Waals surface area contributed by atoms with Gasteiger partial charge in [-0.3, -0.25) is 4.79 Å². The first-order valence-electron chi connectivity index (χ1n) is 40.7. The van der Waals surface area contributed by atoms with Crippen molar-refractivity contribution < 1.29 is 39.8 Å². The molecule has 538 valence electrons. The van der Waals surface area contributed by atoms with Crippen molar-refractivity contribution in [1.29, 1.82) is 0 Å². The monoisotopic (exact) mass is 1280 g/mol.